The number of hydrogen-bond acceptors (Lipinski definition) is 11. The van der Waals surface area contributed by atoms with Crippen molar-refractivity contribution in [2.45, 2.75) is 65.3 Å². The van der Waals surface area contributed by atoms with Crippen molar-refractivity contribution in [3.8, 4) is 5.75 Å². The van der Waals surface area contributed by atoms with Gasteiger partial charge in [0.15, 0.2) is 11.2 Å². The molecule has 13 nitrogen and oxygen atoms in total. The van der Waals surface area contributed by atoms with Gasteiger partial charge in [-0.1, -0.05) is 38.7 Å². The summed E-state index contributed by atoms with van der Waals surface area (Å²) in [5, 5.41) is 9.30. The fraction of sp³-hybridized carbons (Fsp3) is 0.405. The SMILES string of the molecule is CC(C)/C(=C\NCCOCCC(=O)Oc1c(F)c(F)c(F)c(F)c1F)CCCCCCCNC(=O)c1ccc(NCc2cnc3nc(N)[nH]c(=O)c3n2)cc1. The maximum Gasteiger partial charge on any atom is 0.313 e. The number of carbonyl (C=O) groups excluding carboxylic acids is 2. The van der Waals surface area contributed by atoms with Crippen LogP contribution >= 0.6 is 0 Å². The summed E-state index contributed by atoms with van der Waals surface area (Å²) in [5.74, 6) is -13.9. The zero-order valence-corrected chi connectivity index (χ0v) is 30.4. The molecule has 0 radical (unpaired) electrons. The Morgan fingerprint density at radius 1 is 0.873 bits per heavy atom. The Hall–Kier alpha value is -5.65. The number of nitrogen functional groups attached to an aromatic ring is 1. The largest absolute Gasteiger partial charge is 0.420 e. The van der Waals surface area contributed by atoms with Gasteiger partial charge >= 0.3 is 5.97 Å². The number of carbonyl (C=O) groups is 2. The van der Waals surface area contributed by atoms with Crippen LogP contribution in [0.2, 0.25) is 0 Å². The topological polar surface area (TPSA) is 186 Å². The van der Waals surface area contributed by atoms with E-state index in [1.54, 1.807) is 24.3 Å². The second kappa shape index (κ2) is 20.7. The lowest BCUT2D eigenvalue weighted by atomic mass is 9.97. The summed E-state index contributed by atoms with van der Waals surface area (Å²) in [6.45, 7) is 5.48. The number of anilines is 2. The van der Waals surface area contributed by atoms with Crippen molar-refractivity contribution in [1.82, 2.24) is 30.6 Å². The predicted molar refractivity (Wildman–Crippen MR) is 194 cm³/mol. The van der Waals surface area contributed by atoms with E-state index in [1.807, 2.05) is 6.20 Å². The molecular weight excluding hydrogens is 731 g/mol. The molecule has 1 amide bonds. The van der Waals surface area contributed by atoms with E-state index < -0.39 is 52.8 Å². The van der Waals surface area contributed by atoms with Crippen LogP contribution in [0.15, 0.2) is 47.0 Å². The molecule has 0 unspecified atom stereocenters. The van der Waals surface area contributed by atoms with Crippen LogP contribution < -0.4 is 32.0 Å². The first-order chi connectivity index (χ1) is 26.3. The molecule has 0 aliphatic rings. The number of unbranched alkanes of at least 4 members (excludes halogenated alkanes) is 4. The summed E-state index contributed by atoms with van der Waals surface area (Å²) in [4.78, 5) is 51.3. The van der Waals surface area contributed by atoms with Gasteiger partial charge in [0.2, 0.25) is 40.8 Å². The third-order valence-corrected chi connectivity index (χ3v) is 8.29. The maximum atomic E-state index is 13.7. The Bertz CT molecular complexity index is 2000. The van der Waals surface area contributed by atoms with E-state index in [0.717, 1.165) is 44.2 Å². The molecule has 0 atom stereocenters. The predicted octanol–water partition coefficient (Wildman–Crippen LogP) is 5.82. The van der Waals surface area contributed by atoms with Gasteiger partial charge < -0.3 is 31.2 Å². The highest BCUT2D eigenvalue weighted by molar-refractivity contribution is 5.94. The normalized spacial score (nSPS) is 11.6. The van der Waals surface area contributed by atoms with E-state index in [4.69, 9.17) is 10.5 Å². The van der Waals surface area contributed by atoms with Crippen LogP contribution in [-0.2, 0) is 16.1 Å². The van der Waals surface area contributed by atoms with Gasteiger partial charge in [-0.25, -0.2) is 23.1 Å². The lowest BCUT2D eigenvalue weighted by molar-refractivity contribution is -0.136. The Morgan fingerprint density at radius 2 is 1.55 bits per heavy atom. The number of hydrogen-bond donors (Lipinski definition) is 5. The molecule has 4 aromatic rings. The average molecular weight is 775 g/mol. The molecule has 0 aliphatic carbocycles. The van der Waals surface area contributed by atoms with E-state index in [9.17, 15) is 36.3 Å². The average Bonchev–Trinajstić information content (AvgIpc) is 3.17. The van der Waals surface area contributed by atoms with Crippen LogP contribution in [0.1, 0.15) is 74.8 Å². The van der Waals surface area contributed by atoms with Crippen molar-refractivity contribution in [2.75, 3.05) is 37.4 Å². The number of esters is 1. The Labute approximate surface area is 313 Å². The number of aromatic nitrogens is 4. The number of nitrogens with one attached hydrogen (secondary N) is 4. The maximum absolute atomic E-state index is 13.7. The third-order valence-electron chi connectivity index (χ3n) is 8.29. The number of nitrogens with zero attached hydrogens (tertiary/aromatic N) is 3. The fourth-order valence-corrected chi connectivity index (χ4v) is 5.24. The number of fused-ring (bicyclic) bond motifs is 1. The zero-order chi connectivity index (χ0) is 39.9. The summed E-state index contributed by atoms with van der Waals surface area (Å²) in [7, 11) is 0. The van der Waals surface area contributed by atoms with E-state index in [-0.39, 0.29) is 36.2 Å². The smallest absolute Gasteiger partial charge is 0.313 e. The number of ether oxygens (including phenoxy) is 2. The van der Waals surface area contributed by atoms with Crippen LogP contribution in [-0.4, -0.2) is 58.1 Å². The molecule has 4 rings (SSSR count). The molecule has 6 N–H and O–H groups in total. The molecule has 296 valence electrons. The van der Waals surface area contributed by atoms with Gasteiger partial charge in [-0.15, -0.1) is 0 Å². The molecule has 0 aliphatic heterocycles. The first-order valence-corrected chi connectivity index (χ1v) is 17.7. The van der Waals surface area contributed by atoms with Gasteiger partial charge in [0.1, 0.15) is 0 Å². The summed E-state index contributed by atoms with van der Waals surface area (Å²) in [5.41, 5.74) is 8.41. The minimum atomic E-state index is -2.34. The highest BCUT2D eigenvalue weighted by Crippen LogP contribution is 2.29. The van der Waals surface area contributed by atoms with Gasteiger partial charge in [0, 0.05) is 24.3 Å². The summed E-state index contributed by atoms with van der Waals surface area (Å²) in [6, 6.07) is 7.03. The molecule has 2 aromatic heterocycles. The minimum Gasteiger partial charge on any atom is -0.420 e. The minimum absolute atomic E-state index is 0.0290. The first kappa shape index (κ1) is 42.1. The Morgan fingerprint density at radius 3 is 2.25 bits per heavy atom. The van der Waals surface area contributed by atoms with Crippen LogP contribution in [0.4, 0.5) is 33.6 Å². The molecule has 2 heterocycles. The molecule has 0 bridgehead atoms. The number of rotatable bonds is 21. The van der Waals surface area contributed by atoms with Crippen molar-refractivity contribution < 1.29 is 41.0 Å². The van der Waals surface area contributed by atoms with E-state index in [1.165, 1.54) is 11.8 Å². The van der Waals surface area contributed by atoms with Crippen molar-refractivity contribution in [3.63, 3.8) is 0 Å². The highest BCUT2D eigenvalue weighted by atomic mass is 19.2. The van der Waals surface area contributed by atoms with E-state index in [0.29, 0.717) is 36.8 Å². The third kappa shape index (κ3) is 12.4. The first-order valence-electron chi connectivity index (χ1n) is 17.7. The molecule has 0 saturated heterocycles. The summed E-state index contributed by atoms with van der Waals surface area (Å²) >= 11 is 0. The zero-order valence-electron chi connectivity index (χ0n) is 30.4. The van der Waals surface area contributed by atoms with Crippen LogP contribution in [0.3, 0.4) is 0 Å². The number of H-pyrrole nitrogens is 1. The molecule has 18 heteroatoms. The molecular formula is C37H43F5N8O5. The number of amides is 1. The van der Waals surface area contributed by atoms with Crippen LogP contribution in [0, 0.1) is 35.0 Å². The molecule has 55 heavy (non-hydrogen) atoms. The second-order valence-electron chi connectivity index (χ2n) is 12.8. The summed E-state index contributed by atoms with van der Waals surface area (Å²) < 4.78 is 76.7. The number of aromatic amines is 1. The van der Waals surface area contributed by atoms with Crippen LogP contribution in [0.25, 0.3) is 11.2 Å². The van der Waals surface area contributed by atoms with Gasteiger partial charge in [-0.2, -0.15) is 13.8 Å². The Balaban J connectivity index is 1.03. The van der Waals surface area contributed by atoms with Gasteiger partial charge in [0.25, 0.3) is 11.5 Å². The Kier molecular flexibility index (Phi) is 15.9. The van der Waals surface area contributed by atoms with Crippen molar-refractivity contribution in [2.24, 2.45) is 5.92 Å². The van der Waals surface area contributed by atoms with Crippen molar-refractivity contribution in [3.05, 3.63) is 92.9 Å². The standard InChI is InChI=1S/C37H43F5N8O5/c1-21(2)23(18-44-15-17-54-16-13-26(51)55-33-30(41)28(39)27(38)29(40)31(33)42)8-6-4-3-5-7-14-45-35(52)22-9-11-24(12-10-22)46-19-25-20-47-34-32(48-25)36(53)50-37(43)49-34/h9-12,18,20-21,44,46H,3-8,13-17,19H2,1-2H3,(H,45,52)(H3,43,47,49,50,53)/b23-18-. The number of nitrogens with two attached hydrogens (primary N) is 1. The van der Waals surface area contributed by atoms with E-state index in [2.05, 4.69) is 54.5 Å². The lowest BCUT2D eigenvalue weighted by Crippen LogP contribution is -2.24. The van der Waals surface area contributed by atoms with Gasteiger partial charge in [-0.3, -0.25) is 19.4 Å². The lowest BCUT2D eigenvalue weighted by Gasteiger charge is -2.13. The van der Waals surface area contributed by atoms with Crippen LogP contribution in [0.5, 0.6) is 5.75 Å². The number of halogens is 5. The summed E-state index contributed by atoms with van der Waals surface area (Å²) in [6.07, 6.45) is 8.77. The highest BCUT2D eigenvalue weighted by Gasteiger charge is 2.28. The van der Waals surface area contributed by atoms with Crippen molar-refractivity contribution >= 4 is 34.7 Å². The number of allylic oxidation sites excluding steroid dienone is 1. The fourth-order valence-electron chi connectivity index (χ4n) is 5.24. The molecule has 0 fully saturated rings. The van der Waals surface area contributed by atoms with Gasteiger partial charge in [0.05, 0.1) is 38.1 Å². The van der Waals surface area contributed by atoms with Crippen molar-refractivity contribution in [1.29, 1.82) is 0 Å². The molecule has 0 saturated carbocycles. The van der Waals surface area contributed by atoms with Gasteiger partial charge in [-0.05, 0) is 55.6 Å². The second-order valence-corrected chi connectivity index (χ2v) is 12.8. The van der Waals surface area contributed by atoms with E-state index >= 15 is 0 Å². The monoisotopic (exact) mass is 774 g/mol. The number of benzene rings is 2. The quantitative estimate of drug-likeness (QED) is 0.0172. The molecule has 2 aromatic carbocycles. The molecule has 0 spiro atoms.